The maximum absolute atomic E-state index is 13.0. The fourth-order valence-electron chi connectivity index (χ4n) is 5.10. The van der Waals surface area contributed by atoms with Gasteiger partial charge >= 0.3 is 0 Å². The molecule has 31 heavy (non-hydrogen) atoms. The summed E-state index contributed by atoms with van der Waals surface area (Å²) in [6.45, 7) is 7.94. The van der Waals surface area contributed by atoms with Crippen molar-refractivity contribution in [2.24, 2.45) is 5.92 Å². The first-order chi connectivity index (χ1) is 15.3. The highest BCUT2D eigenvalue weighted by Crippen LogP contribution is 2.22. The topological polar surface area (TPSA) is 55.5 Å². The number of H-pyrrole nitrogens is 1. The summed E-state index contributed by atoms with van der Waals surface area (Å²) in [5.74, 6) is 1.95. The molecule has 1 atom stereocenters. The highest BCUT2D eigenvalue weighted by molar-refractivity contribution is 6.08. The third-order valence-corrected chi connectivity index (χ3v) is 6.72. The molecule has 0 amide bonds. The van der Waals surface area contributed by atoms with Gasteiger partial charge in [-0.25, -0.2) is 4.98 Å². The smallest absolute Gasteiger partial charge is 0.178 e. The number of piperidine rings is 1. The maximum Gasteiger partial charge on any atom is 0.178 e. The molecule has 2 aromatic heterocycles. The molecule has 1 N–H and O–H groups in total. The number of hydrogen-bond acceptors (Lipinski definition) is 5. The van der Waals surface area contributed by atoms with Gasteiger partial charge in [0.25, 0.3) is 0 Å². The highest BCUT2D eigenvalue weighted by atomic mass is 16.1. The van der Waals surface area contributed by atoms with Crippen LogP contribution >= 0.6 is 0 Å². The van der Waals surface area contributed by atoms with Crippen molar-refractivity contribution in [2.75, 3.05) is 57.3 Å². The van der Waals surface area contributed by atoms with Crippen molar-refractivity contribution in [3.05, 3.63) is 60.4 Å². The monoisotopic (exact) mass is 417 g/mol. The lowest BCUT2D eigenvalue weighted by atomic mass is 9.96. The first-order valence-corrected chi connectivity index (χ1v) is 11.5. The first-order valence-electron chi connectivity index (χ1n) is 11.5. The highest BCUT2D eigenvalue weighted by Gasteiger charge is 2.26. The van der Waals surface area contributed by atoms with Gasteiger partial charge in [0.05, 0.1) is 6.54 Å². The van der Waals surface area contributed by atoms with Gasteiger partial charge in [-0.3, -0.25) is 14.6 Å². The molecule has 3 aromatic rings. The van der Waals surface area contributed by atoms with Gasteiger partial charge < -0.3 is 9.88 Å². The summed E-state index contributed by atoms with van der Waals surface area (Å²) in [5, 5.41) is 1.03. The van der Waals surface area contributed by atoms with E-state index in [-0.39, 0.29) is 5.78 Å². The molecule has 0 aliphatic carbocycles. The number of aromatic amines is 1. The minimum Gasteiger partial charge on any atom is -0.360 e. The van der Waals surface area contributed by atoms with Gasteiger partial charge in [-0.15, -0.1) is 0 Å². The van der Waals surface area contributed by atoms with Gasteiger partial charge in [0.15, 0.2) is 5.78 Å². The zero-order chi connectivity index (χ0) is 21.0. The quantitative estimate of drug-likeness (QED) is 0.624. The molecule has 6 nitrogen and oxygen atoms in total. The number of carbonyl (C=O) groups excluding carboxylic acids is 1. The summed E-state index contributed by atoms with van der Waals surface area (Å²) in [6.07, 6.45) is 6.18. The van der Waals surface area contributed by atoms with Gasteiger partial charge in [-0.2, -0.15) is 0 Å². The Morgan fingerprint density at radius 3 is 2.68 bits per heavy atom. The van der Waals surface area contributed by atoms with Gasteiger partial charge in [0, 0.05) is 68.1 Å². The Kier molecular flexibility index (Phi) is 6.00. The Bertz CT molecular complexity index is 1010. The van der Waals surface area contributed by atoms with E-state index in [2.05, 4.69) is 36.8 Å². The van der Waals surface area contributed by atoms with Crippen LogP contribution in [0.15, 0.2) is 54.9 Å². The van der Waals surface area contributed by atoms with Gasteiger partial charge in [-0.05, 0) is 43.5 Å². The Morgan fingerprint density at radius 2 is 1.84 bits per heavy atom. The van der Waals surface area contributed by atoms with E-state index in [1.807, 2.05) is 42.7 Å². The predicted molar refractivity (Wildman–Crippen MR) is 125 cm³/mol. The second-order valence-corrected chi connectivity index (χ2v) is 8.89. The van der Waals surface area contributed by atoms with Crippen molar-refractivity contribution >= 4 is 22.5 Å². The molecule has 0 bridgehead atoms. The van der Waals surface area contributed by atoms with E-state index >= 15 is 0 Å². The number of aromatic nitrogens is 2. The average Bonchev–Trinajstić information content (AvgIpc) is 3.25. The lowest BCUT2D eigenvalue weighted by Crippen LogP contribution is -2.50. The van der Waals surface area contributed by atoms with E-state index in [4.69, 9.17) is 0 Å². The number of piperazine rings is 1. The van der Waals surface area contributed by atoms with Crippen molar-refractivity contribution < 1.29 is 4.79 Å². The van der Waals surface area contributed by atoms with Crippen LogP contribution in [0.25, 0.3) is 10.9 Å². The van der Waals surface area contributed by atoms with E-state index in [0.717, 1.165) is 68.1 Å². The predicted octanol–water partition coefficient (Wildman–Crippen LogP) is 3.28. The number of Topliss-reactive ketones (excluding diaryl/α,β-unsaturated/α-hetero) is 1. The number of pyridine rings is 1. The van der Waals surface area contributed by atoms with E-state index in [1.54, 1.807) is 0 Å². The van der Waals surface area contributed by atoms with Crippen molar-refractivity contribution in [3.8, 4) is 0 Å². The van der Waals surface area contributed by atoms with Crippen molar-refractivity contribution in [3.63, 3.8) is 0 Å². The second kappa shape index (κ2) is 9.20. The molecule has 162 valence electrons. The minimum atomic E-state index is 0.224. The molecular weight excluding hydrogens is 386 g/mol. The fraction of sp³-hybridized carbons (Fsp3) is 0.440. The van der Waals surface area contributed by atoms with E-state index in [1.165, 1.54) is 12.8 Å². The van der Waals surface area contributed by atoms with Crippen LogP contribution in [0.3, 0.4) is 0 Å². The van der Waals surface area contributed by atoms with Crippen LogP contribution in [-0.2, 0) is 0 Å². The number of carbonyl (C=O) groups is 1. The average molecular weight is 418 g/mol. The van der Waals surface area contributed by atoms with E-state index in [9.17, 15) is 4.79 Å². The Labute approximate surface area is 183 Å². The third kappa shape index (κ3) is 4.65. The number of likely N-dealkylation sites (tertiary alicyclic amines) is 1. The normalized spacial score (nSPS) is 20.9. The van der Waals surface area contributed by atoms with Crippen molar-refractivity contribution in [2.45, 2.75) is 12.8 Å². The molecule has 1 unspecified atom stereocenters. The number of para-hydroxylation sites is 1. The number of ketones is 1. The number of rotatable bonds is 6. The molecule has 2 saturated heterocycles. The summed E-state index contributed by atoms with van der Waals surface area (Å²) in [4.78, 5) is 28.0. The Balaban J connectivity index is 1.13. The number of nitrogens with zero attached hydrogens (tertiary/aromatic N) is 4. The van der Waals surface area contributed by atoms with Crippen LogP contribution in [0.1, 0.15) is 23.2 Å². The van der Waals surface area contributed by atoms with Gasteiger partial charge in [0.1, 0.15) is 5.82 Å². The van der Waals surface area contributed by atoms with Crippen LogP contribution in [0.5, 0.6) is 0 Å². The first kappa shape index (κ1) is 20.2. The summed E-state index contributed by atoms with van der Waals surface area (Å²) in [6, 6.07) is 14.2. The number of benzene rings is 1. The fourth-order valence-corrected chi connectivity index (χ4v) is 5.10. The number of nitrogens with one attached hydrogen (secondary N) is 1. The van der Waals surface area contributed by atoms with E-state index in [0.29, 0.717) is 12.5 Å². The third-order valence-electron chi connectivity index (χ3n) is 6.72. The van der Waals surface area contributed by atoms with E-state index < -0.39 is 0 Å². The summed E-state index contributed by atoms with van der Waals surface area (Å²) in [7, 11) is 0. The number of fused-ring (bicyclic) bond motifs is 1. The van der Waals surface area contributed by atoms with Crippen LogP contribution < -0.4 is 4.90 Å². The van der Waals surface area contributed by atoms with Gasteiger partial charge in [-0.1, -0.05) is 24.3 Å². The van der Waals surface area contributed by atoms with Crippen LogP contribution in [0.4, 0.5) is 5.82 Å². The maximum atomic E-state index is 13.0. The minimum absolute atomic E-state index is 0.224. The molecule has 2 fully saturated rings. The lowest BCUT2D eigenvalue weighted by Gasteiger charge is -2.39. The largest absolute Gasteiger partial charge is 0.360 e. The molecule has 4 heterocycles. The number of anilines is 1. The number of hydrogen-bond donors (Lipinski definition) is 1. The summed E-state index contributed by atoms with van der Waals surface area (Å²) in [5.41, 5.74) is 1.86. The standard InChI is InChI=1S/C25H31N5O/c31-24(22-16-27-23-8-2-1-7-21(22)23)19-29-11-5-6-20(18-29)17-28-12-14-30(15-13-28)25-9-3-4-10-26-25/h1-4,7-10,16,20,27H,5-6,11-15,17-19H2. The molecule has 2 aliphatic rings. The molecule has 6 heteroatoms. The Hall–Kier alpha value is -2.70. The molecule has 0 saturated carbocycles. The second-order valence-electron chi connectivity index (χ2n) is 8.89. The van der Waals surface area contributed by atoms with Gasteiger partial charge in [0.2, 0.25) is 0 Å². The zero-order valence-electron chi connectivity index (χ0n) is 18.0. The SMILES string of the molecule is O=C(CN1CCCC(CN2CCN(c3ccccn3)CC2)C1)c1c[nH]c2ccccc12. The molecule has 1 aromatic carbocycles. The molecular formula is C25H31N5O. The summed E-state index contributed by atoms with van der Waals surface area (Å²) < 4.78 is 0. The molecule has 2 aliphatic heterocycles. The van der Waals surface area contributed by atoms with Crippen LogP contribution in [-0.4, -0.2) is 77.9 Å². The molecule has 0 spiro atoms. The van der Waals surface area contributed by atoms with Crippen molar-refractivity contribution in [1.82, 2.24) is 19.8 Å². The summed E-state index contributed by atoms with van der Waals surface area (Å²) >= 11 is 0. The van der Waals surface area contributed by atoms with Crippen molar-refractivity contribution in [1.29, 1.82) is 0 Å². The molecule has 0 radical (unpaired) electrons. The Morgan fingerprint density at radius 1 is 1.00 bits per heavy atom. The van der Waals surface area contributed by atoms with Crippen LogP contribution in [0.2, 0.25) is 0 Å². The molecule has 5 rings (SSSR count). The lowest BCUT2D eigenvalue weighted by molar-refractivity contribution is 0.0855. The zero-order valence-corrected chi connectivity index (χ0v) is 18.0. The van der Waals surface area contributed by atoms with Crippen LogP contribution in [0, 0.1) is 5.92 Å².